The van der Waals surface area contributed by atoms with Crippen LogP contribution in [0.5, 0.6) is 5.75 Å². The van der Waals surface area contributed by atoms with Gasteiger partial charge in [0.25, 0.3) is 0 Å². The van der Waals surface area contributed by atoms with E-state index in [0.717, 1.165) is 0 Å². The van der Waals surface area contributed by atoms with Gasteiger partial charge in [-0.3, -0.25) is 20.2 Å². The summed E-state index contributed by atoms with van der Waals surface area (Å²) in [6.45, 7) is 0. The summed E-state index contributed by atoms with van der Waals surface area (Å²) in [5, 5.41) is 21.0. The maximum Gasteiger partial charge on any atom is 0.476 e. The number of halogens is 1. The summed E-state index contributed by atoms with van der Waals surface area (Å²) in [4.78, 5) is 19.1. The summed E-state index contributed by atoms with van der Waals surface area (Å²) in [6.07, 6.45) is -1.96. The SMILES string of the molecule is COc1ccc(C([N+](=O)[O-])[N+](=O)[O-])cc1Br. The van der Waals surface area contributed by atoms with E-state index >= 15 is 0 Å². The summed E-state index contributed by atoms with van der Waals surface area (Å²) in [5.41, 5.74) is -0.0114. The zero-order valence-corrected chi connectivity index (χ0v) is 9.71. The highest BCUT2D eigenvalue weighted by Gasteiger charge is 2.34. The quantitative estimate of drug-likeness (QED) is 0.480. The second-order valence-corrected chi connectivity index (χ2v) is 3.69. The van der Waals surface area contributed by atoms with E-state index in [1.165, 1.54) is 25.3 Å². The van der Waals surface area contributed by atoms with Gasteiger partial charge in [0, 0.05) is 0 Å². The van der Waals surface area contributed by atoms with Gasteiger partial charge in [0.15, 0.2) is 0 Å². The molecule has 0 N–H and O–H groups in total. The first kappa shape index (κ1) is 12.4. The van der Waals surface area contributed by atoms with Gasteiger partial charge in [0.2, 0.25) is 0 Å². The molecule has 16 heavy (non-hydrogen) atoms. The van der Waals surface area contributed by atoms with E-state index in [2.05, 4.69) is 15.9 Å². The Hall–Kier alpha value is -1.70. The van der Waals surface area contributed by atoms with E-state index in [4.69, 9.17) is 4.74 Å². The highest BCUT2D eigenvalue weighted by molar-refractivity contribution is 9.10. The van der Waals surface area contributed by atoms with Crippen LogP contribution in [0.15, 0.2) is 22.7 Å². The van der Waals surface area contributed by atoms with Crippen LogP contribution >= 0.6 is 15.9 Å². The first-order chi connectivity index (χ1) is 7.47. The van der Waals surface area contributed by atoms with E-state index in [1.807, 2.05) is 0 Å². The molecule has 0 bridgehead atoms. The Balaban J connectivity index is 3.17. The van der Waals surface area contributed by atoms with Crippen LogP contribution in [-0.4, -0.2) is 17.0 Å². The monoisotopic (exact) mass is 290 g/mol. The fourth-order valence-corrected chi connectivity index (χ4v) is 1.72. The summed E-state index contributed by atoms with van der Waals surface area (Å²) in [5.74, 6) is 0.453. The van der Waals surface area contributed by atoms with E-state index in [9.17, 15) is 20.2 Å². The predicted molar refractivity (Wildman–Crippen MR) is 57.4 cm³/mol. The van der Waals surface area contributed by atoms with Crippen LogP contribution in [0.25, 0.3) is 0 Å². The van der Waals surface area contributed by atoms with Crippen molar-refractivity contribution in [3.05, 3.63) is 48.5 Å². The van der Waals surface area contributed by atoms with E-state index in [-0.39, 0.29) is 5.56 Å². The fourth-order valence-electron chi connectivity index (χ4n) is 1.16. The number of ether oxygens (including phenoxy) is 1. The molecule has 0 heterocycles. The third kappa shape index (κ3) is 2.45. The molecule has 0 radical (unpaired) electrons. The Morgan fingerprint density at radius 3 is 2.25 bits per heavy atom. The standard InChI is InChI=1S/C8H7BrN2O5/c1-16-7-3-2-5(4-6(7)9)8(10(12)13)11(14)15/h2-4,8H,1H3. The van der Waals surface area contributed by atoms with Crippen molar-refractivity contribution in [1.29, 1.82) is 0 Å². The minimum Gasteiger partial charge on any atom is -0.496 e. The van der Waals surface area contributed by atoms with E-state index in [0.29, 0.717) is 10.2 Å². The second-order valence-electron chi connectivity index (χ2n) is 2.84. The number of rotatable bonds is 4. The average Bonchev–Trinajstić information content (AvgIpc) is 2.16. The fraction of sp³-hybridized carbons (Fsp3) is 0.250. The first-order valence-corrected chi connectivity index (χ1v) is 4.87. The van der Waals surface area contributed by atoms with Crippen LogP contribution < -0.4 is 4.74 Å². The highest BCUT2D eigenvalue weighted by Crippen LogP contribution is 2.29. The molecule has 1 rings (SSSR count). The predicted octanol–water partition coefficient (Wildman–Crippen LogP) is 2.01. The lowest BCUT2D eigenvalue weighted by atomic mass is 10.2. The van der Waals surface area contributed by atoms with Crippen LogP contribution in [0.1, 0.15) is 11.7 Å². The molecule has 1 aromatic rings. The van der Waals surface area contributed by atoms with Gasteiger partial charge in [-0.15, -0.1) is 0 Å². The molecule has 1 aromatic carbocycles. The van der Waals surface area contributed by atoms with Crippen molar-refractivity contribution in [2.24, 2.45) is 0 Å². The number of benzene rings is 1. The number of hydrogen-bond acceptors (Lipinski definition) is 5. The largest absolute Gasteiger partial charge is 0.496 e. The molecule has 0 saturated heterocycles. The van der Waals surface area contributed by atoms with Crippen molar-refractivity contribution >= 4 is 15.9 Å². The van der Waals surface area contributed by atoms with Crippen LogP contribution in [0.4, 0.5) is 0 Å². The van der Waals surface area contributed by atoms with E-state index < -0.39 is 16.0 Å². The van der Waals surface area contributed by atoms with Crippen LogP contribution in [-0.2, 0) is 0 Å². The second kappa shape index (κ2) is 4.88. The lowest BCUT2D eigenvalue weighted by Crippen LogP contribution is -2.19. The molecule has 0 spiro atoms. The summed E-state index contributed by atoms with van der Waals surface area (Å²) in [6, 6.07) is 4.02. The maximum atomic E-state index is 10.5. The Morgan fingerprint density at radius 1 is 1.31 bits per heavy atom. The topological polar surface area (TPSA) is 95.5 Å². The number of nitrogens with zero attached hydrogens (tertiary/aromatic N) is 2. The van der Waals surface area contributed by atoms with Crippen molar-refractivity contribution in [2.75, 3.05) is 7.11 Å². The van der Waals surface area contributed by atoms with Crippen molar-refractivity contribution in [3.8, 4) is 5.75 Å². The first-order valence-electron chi connectivity index (χ1n) is 4.07. The lowest BCUT2D eigenvalue weighted by Gasteiger charge is -2.05. The van der Waals surface area contributed by atoms with Crippen LogP contribution in [0.3, 0.4) is 0 Å². The van der Waals surface area contributed by atoms with Gasteiger partial charge in [-0.1, -0.05) is 0 Å². The number of nitro groups is 2. The van der Waals surface area contributed by atoms with Gasteiger partial charge in [0.1, 0.15) is 21.2 Å². The molecule has 0 unspecified atom stereocenters. The summed E-state index contributed by atoms with van der Waals surface area (Å²) in [7, 11) is 1.43. The zero-order valence-electron chi connectivity index (χ0n) is 8.12. The van der Waals surface area contributed by atoms with Crippen molar-refractivity contribution < 1.29 is 14.6 Å². The van der Waals surface area contributed by atoms with Crippen LogP contribution in [0.2, 0.25) is 0 Å². The molecule has 0 aliphatic carbocycles. The van der Waals surface area contributed by atoms with Gasteiger partial charge in [-0.2, -0.15) is 0 Å². The molecule has 0 aliphatic rings. The molecular weight excluding hydrogens is 284 g/mol. The third-order valence-corrected chi connectivity index (χ3v) is 2.49. The molecule has 0 aromatic heterocycles. The normalized spacial score (nSPS) is 10.2. The maximum absolute atomic E-state index is 10.5. The Morgan fingerprint density at radius 2 is 1.88 bits per heavy atom. The molecule has 8 heteroatoms. The lowest BCUT2D eigenvalue weighted by molar-refractivity contribution is -0.752. The molecule has 0 saturated carbocycles. The number of hydrogen-bond donors (Lipinski definition) is 0. The van der Waals surface area contributed by atoms with Gasteiger partial charge in [-0.25, -0.2) is 0 Å². The molecule has 7 nitrogen and oxygen atoms in total. The van der Waals surface area contributed by atoms with Crippen molar-refractivity contribution in [1.82, 2.24) is 0 Å². The van der Waals surface area contributed by atoms with Gasteiger partial charge in [-0.05, 0) is 34.1 Å². The number of methoxy groups -OCH3 is 1. The van der Waals surface area contributed by atoms with Gasteiger partial charge in [0.05, 0.1) is 11.6 Å². The smallest absolute Gasteiger partial charge is 0.476 e. The molecule has 0 aliphatic heterocycles. The van der Waals surface area contributed by atoms with E-state index in [1.54, 1.807) is 0 Å². The molecule has 0 atom stereocenters. The molecule has 86 valence electrons. The van der Waals surface area contributed by atoms with Crippen molar-refractivity contribution in [2.45, 2.75) is 6.17 Å². The van der Waals surface area contributed by atoms with Gasteiger partial charge >= 0.3 is 6.17 Å². The minimum absolute atomic E-state index is 0.0114. The molecular formula is C8H7BrN2O5. The Bertz CT molecular complexity index is 422. The average molecular weight is 291 g/mol. The molecule has 0 fully saturated rings. The summed E-state index contributed by atoms with van der Waals surface area (Å²) >= 11 is 3.10. The minimum atomic E-state index is -1.96. The Kier molecular flexibility index (Phi) is 3.78. The Labute approximate surface area is 98.4 Å². The third-order valence-electron chi connectivity index (χ3n) is 1.87. The van der Waals surface area contributed by atoms with Crippen LogP contribution in [0, 0.1) is 20.2 Å². The molecule has 0 amide bonds. The van der Waals surface area contributed by atoms with Crippen molar-refractivity contribution in [3.63, 3.8) is 0 Å². The summed E-state index contributed by atoms with van der Waals surface area (Å²) < 4.78 is 5.35. The van der Waals surface area contributed by atoms with Gasteiger partial charge < -0.3 is 4.74 Å². The highest BCUT2D eigenvalue weighted by atomic mass is 79.9. The zero-order chi connectivity index (χ0) is 12.3.